The molecule has 0 radical (unpaired) electrons. The highest BCUT2D eigenvalue weighted by Gasteiger charge is 2.24. The summed E-state index contributed by atoms with van der Waals surface area (Å²) in [4.78, 5) is 32.6. The minimum atomic E-state index is -0.150. The van der Waals surface area contributed by atoms with Crippen LogP contribution in [0.2, 0.25) is 0 Å². The second kappa shape index (κ2) is 8.53. The average molecular weight is 454 g/mol. The van der Waals surface area contributed by atoms with Gasteiger partial charge in [-0.1, -0.05) is 0 Å². The number of hydrogen-bond donors (Lipinski definition) is 3. The lowest BCUT2D eigenvalue weighted by Crippen LogP contribution is -2.23. The highest BCUT2D eigenvalue weighted by atomic mass is 16.1. The lowest BCUT2D eigenvalue weighted by Gasteiger charge is -2.13. The Hall–Kier alpha value is -4.36. The van der Waals surface area contributed by atoms with Gasteiger partial charge in [-0.3, -0.25) is 14.5 Å². The van der Waals surface area contributed by atoms with Crippen LogP contribution in [-0.4, -0.2) is 55.4 Å². The van der Waals surface area contributed by atoms with Crippen molar-refractivity contribution in [3.63, 3.8) is 0 Å². The number of aldehydes is 1. The molecule has 5 rings (SSSR count). The molecule has 1 aliphatic rings. The number of carbonyl (C=O) groups is 2. The van der Waals surface area contributed by atoms with Crippen molar-refractivity contribution < 1.29 is 9.59 Å². The first-order chi connectivity index (χ1) is 16.5. The third kappa shape index (κ3) is 3.72. The largest absolute Gasteiger partial charge is 0.381 e. The molecule has 10 nitrogen and oxygen atoms in total. The van der Waals surface area contributed by atoms with E-state index in [9.17, 15) is 14.9 Å². The van der Waals surface area contributed by atoms with Crippen LogP contribution in [0.1, 0.15) is 35.1 Å². The molecule has 0 spiro atoms. The van der Waals surface area contributed by atoms with Gasteiger partial charge in [0.1, 0.15) is 24.5 Å². The molecule has 2 unspecified atom stereocenters. The molecule has 0 saturated carbocycles. The van der Waals surface area contributed by atoms with Gasteiger partial charge in [-0.05, 0) is 50.6 Å². The van der Waals surface area contributed by atoms with Gasteiger partial charge in [0.2, 0.25) is 0 Å². The summed E-state index contributed by atoms with van der Waals surface area (Å²) in [5.41, 5.74) is 4.74. The van der Waals surface area contributed by atoms with Crippen LogP contribution in [0.15, 0.2) is 36.7 Å². The lowest BCUT2D eigenvalue weighted by molar-refractivity contribution is -0.109. The third-order valence-corrected chi connectivity index (χ3v) is 6.04. The number of anilines is 1. The number of hydrogen-bond acceptors (Lipinski definition) is 8. The lowest BCUT2D eigenvalue weighted by atomic mass is 10.0. The fourth-order valence-electron chi connectivity index (χ4n) is 4.36. The molecular weight excluding hydrogens is 432 g/mol. The van der Waals surface area contributed by atoms with E-state index >= 15 is 0 Å². The molecule has 1 aliphatic heterocycles. The molecule has 3 aromatic heterocycles. The molecule has 4 aromatic rings. The number of aromatic nitrogens is 5. The number of H-pyrrole nitrogens is 1. The number of ketones is 1. The monoisotopic (exact) mass is 454 g/mol. The maximum atomic E-state index is 12.3. The highest BCUT2D eigenvalue weighted by Crippen LogP contribution is 2.30. The van der Waals surface area contributed by atoms with E-state index in [2.05, 4.69) is 31.9 Å². The van der Waals surface area contributed by atoms with Crippen LogP contribution in [0.25, 0.3) is 28.1 Å². The summed E-state index contributed by atoms with van der Waals surface area (Å²) < 4.78 is 1.84. The van der Waals surface area contributed by atoms with E-state index in [1.807, 2.05) is 22.8 Å². The zero-order valence-electron chi connectivity index (χ0n) is 18.7. The number of fused-ring (bicyclic) bond motifs is 1. The van der Waals surface area contributed by atoms with Gasteiger partial charge in [-0.25, -0.2) is 9.97 Å². The molecule has 0 bridgehead atoms. The van der Waals surface area contributed by atoms with Gasteiger partial charge in [0.25, 0.3) is 0 Å². The van der Waals surface area contributed by atoms with E-state index < -0.39 is 0 Å². The number of aromatic amines is 1. The molecule has 1 fully saturated rings. The Bertz CT molecular complexity index is 1460. The van der Waals surface area contributed by atoms with Crippen LogP contribution in [0.3, 0.4) is 0 Å². The van der Waals surface area contributed by atoms with Gasteiger partial charge in [-0.2, -0.15) is 10.4 Å². The average Bonchev–Trinajstić information content (AvgIpc) is 3.56. The molecule has 0 amide bonds. The molecule has 34 heavy (non-hydrogen) atoms. The first-order valence-corrected chi connectivity index (χ1v) is 10.9. The van der Waals surface area contributed by atoms with Gasteiger partial charge in [0.15, 0.2) is 11.5 Å². The molecule has 3 N–H and O–H groups in total. The van der Waals surface area contributed by atoms with Crippen molar-refractivity contribution in [3.8, 4) is 23.1 Å². The maximum absolute atomic E-state index is 12.3. The smallest absolute Gasteiger partial charge is 0.171 e. The van der Waals surface area contributed by atoms with Crippen molar-refractivity contribution in [2.45, 2.75) is 32.4 Å². The van der Waals surface area contributed by atoms with Crippen LogP contribution in [0.5, 0.6) is 0 Å². The summed E-state index contributed by atoms with van der Waals surface area (Å²) in [6.45, 7) is 3.99. The van der Waals surface area contributed by atoms with Gasteiger partial charge >= 0.3 is 0 Å². The molecule has 2 atom stereocenters. The second-order valence-electron chi connectivity index (χ2n) is 8.35. The predicted molar refractivity (Wildman–Crippen MR) is 126 cm³/mol. The fraction of sp³-hybridized carbons (Fsp3) is 0.250. The highest BCUT2D eigenvalue weighted by molar-refractivity contribution is 6.00. The summed E-state index contributed by atoms with van der Waals surface area (Å²) in [6, 6.07) is 11.5. The normalized spacial score (nSPS) is 17.6. The minimum absolute atomic E-state index is 0.112. The van der Waals surface area contributed by atoms with Gasteiger partial charge in [0.05, 0.1) is 28.3 Å². The maximum Gasteiger partial charge on any atom is 0.171 e. The summed E-state index contributed by atoms with van der Waals surface area (Å²) in [7, 11) is 0. The molecule has 170 valence electrons. The SMILES string of the molecule is CC(=O)c1ccc(-n2cnc3cc(NC4CNC(C=O)C4)ccc32)nc1-c1c(C#N)n[nH]c1C. The number of nitrogens with one attached hydrogen (secondary N) is 3. The van der Waals surface area contributed by atoms with Crippen molar-refractivity contribution in [2.75, 3.05) is 11.9 Å². The number of benzene rings is 1. The Kier molecular flexibility index (Phi) is 5.39. The molecule has 1 aromatic carbocycles. The van der Waals surface area contributed by atoms with Crippen molar-refractivity contribution >= 4 is 28.8 Å². The molecule has 10 heteroatoms. The number of nitriles is 1. The Morgan fingerprint density at radius 1 is 1.32 bits per heavy atom. The zero-order chi connectivity index (χ0) is 23.8. The predicted octanol–water partition coefficient (Wildman–Crippen LogP) is 2.53. The number of Topliss-reactive ketones (excluding diaryl/α,β-unsaturated/α-hetero) is 1. The molecule has 4 heterocycles. The van der Waals surface area contributed by atoms with Crippen LogP contribution >= 0.6 is 0 Å². The quantitative estimate of drug-likeness (QED) is 0.298. The third-order valence-electron chi connectivity index (χ3n) is 6.04. The number of imidazole rings is 1. The van der Waals surface area contributed by atoms with Crippen LogP contribution in [0.4, 0.5) is 5.69 Å². The zero-order valence-corrected chi connectivity index (χ0v) is 18.7. The Morgan fingerprint density at radius 3 is 2.91 bits per heavy atom. The second-order valence-corrected chi connectivity index (χ2v) is 8.35. The van der Waals surface area contributed by atoms with E-state index in [1.54, 1.807) is 25.4 Å². The summed E-state index contributed by atoms with van der Waals surface area (Å²) in [5.74, 6) is 0.421. The van der Waals surface area contributed by atoms with Crippen LogP contribution in [-0.2, 0) is 4.79 Å². The minimum Gasteiger partial charge on any atom is -0.381 e. The van der Waals surface area contributed by atoms with E-state index in [4.69, 9.17) is 4.98 Å². The van der Waals surface area contributed by atoms with Crippen molar-refractivity contribution in [2.24, 2.45) is 0 Å². The van der Waals surface area contributed by atoms with Gasteiger partial charge in [-0.15, -0.1) is 0 Å². The van der Waals surface area contributed by atoms with Gasteiger partial charge < -0.3 is 15.4 Å². The summed E-state index contributed by atoms with van der Waals surface area (Å²) in [6.07, 6.45) is 3.36. The topological polar surface area (TPSA) is 141 Å². The molecule has 0 aliphatic carbocycles. The first-order valence-electron chi connectivity index (χ1n) is 10.9. The Balaban J connectivity index is 1.52. The van der Waals surface area contributed by atoms with Crippen LogP contribution < -0.4 is 10.6 Å². The summed E-state index contributed by atoms with van der Waals surface area (Å²) in [5, 5.41) is 22.9. The van der Waals surface area contributed by atoms with E-state index in [1.165, 1.54) is 6.92 Å². The van der Waals surface area contributed by atoms with E-state index in [0.717, 1.165) is 36.0 Å². The number of nitrogens with zero attached hydrogens (tertiary/aromatic N) is 5. The van der Waals surface area contributed by atoms with Crippen LogP contribution in [0, 0.1) is 18.3 Å². The van der Waals surface area contributed by atoms with Crippen molar-refractivity contribution in [3.05, 3.63) is 53.6 Å². The van der Waals surface area contributed by atoms with E-state index in [0.29, 0.717) is 28.3 Å². The van der Waals surface area contributed by atoms with Crippen molar-refractivity contribution in [1.82, 2.24) is 30.0 Å². The number of carbonyl (C=O) groups excluding carboxylic acids is 2. The standard InChI is InChI=1S/C24H22N8O2/c1-13-23(20(9-25)31-30-13)24-18(14(2)34)4-6-22(29-24)32-12-27-19-8-15(3-5-21(19)32)28-16-7-17(11-33)26-10-16/h3-6,8,11-12,16-17,26,28H,7,10H2,1-2H3,(H,30,31). The fourth-order valence-corrected chi connectivity index (χ4v) is 4.36. The Labute approximate surface area is 195 Å². The number of aryl methyl sites for hydroxylation is 1. The number of pyridine rings is 1. The van der Waals surface area contributed by atoms with Crippen molar-refractivity contribution in [1.29, 1.82) is 5.26 Å². The molecular formula is C24H22N8O2. The summed E-state index contributed by atoms with van der Waals surface area (Å²) >= 11 is 0. The Morgan fingerprint density at radius 2 is 2.18 bits per heavy atom. The molecule has 1 saturated heterocycles. The first kappa shape index (κ1) is 21.5. The number of rotatable bonds is 6. The van der Waals surface area contributed by atoms with E-state index in [-0.39, 0.29) is 23.6 Å². The van der Waals surface area contributed by atoms with Gasteiger partial charge in [0, 0.05) is 29.5 Å².